The minimum atomic E-state index is -0.668. The molecule has 5 aliphatic rings. The van der Waals surface area contributed by atoms with E-state index < -0.39 is 6.10 Å². The Hall–Kier alpha value is -2.37. The van der Waals surface area contributed by atoms with Crippen molar-refractivity contribution in [2.75, 3.05) is 18.4 Å². The molecule has 6 nitrogen and oxygen atoms in total. The zero-order valence-electron chi connectivity index (χ0n) is 18.9. The fourth-order valence-corrected chi connectivity index (χ4v) is 7.21. The Labute approximate surface area is 190 Å². The zero-order chi connectivity index (χ0) is 22.3. The predicted molar refractivity (Wildman–Crippen MR) is 121 cm³/mol. The van der Waals surface area contributed by atoms with Crippen molar-refractivity contribution >= 4 is 23.5 Å². The van der Waals surface area contributed by atoms with E-state index in [9.17, 15) is 14.4 Å². The summed E-state index contributed by atoms with van der Waals surface area (Å²) in [5, 5.41) is 2.89. The van der Waals surface area contributed by atoms with Crippen LogP contribution in [-0.2, 0) is 14.3 Å². The number of Topliss-reactive ketones (excluding diaryl/α,β-unsaturated/α-hetero) is 1. The number of rotatable bonds is 5. The normalized spacial score (nSPS) is 32.4. The third kappa shape index (κ3) is 4.16. The van der Waals surface area contributed by atoms with E-state index in [2.05, 4.69) is 5.32 Å². The summed E-state index contributed by atoms with van der Waals surface area (Å²) in [5.74, 6) is 1.71. The summed E-state index contributed by atoms with van der Waals surface area (Å²) in [4.78, 5) is 40.4. The zero-order valence-corrected chi connectivity index (χ0v) is 18.9. The first-order chi connectivity index (χ1) is 15.4. The number of nitrogens with one attached hydrogen (secondary N) is 1. The van der Waals surface area contributed by atoms with Crippen molar-refractivity contribution in [3.8, 4) is 0 Å². The topological polar surface area (TPSA) is 75.7 Å². The van der Waals surface area contributed by atoms with Crippen molar-refractivity contribution in [3.63, 3.8) is 0 Å². The minimum Gasteiger partial charge on any atom is -0.454 e. The number of urea groups is 1. The van der Waals surface area contributed by atoms with Gasteiger partial charge in [0, 0.05) is 24.2 Å². The molecule has 4 aliphatic carbocycles. The molecule has 1 N–H and O–H groups in total. The number of likely N-dealkylation sites (tertiary alicyclic amines) is 1. The molecule has 0 radical (unpaired) electrons. The molecule has 1 aromatic rings. The number of anilines is 1. The second-order valence-corrected chi connectivity index (χ2v) is 10.7. The van der Waals surface area contributed by atoms with Crippen LogP contribution < -0.4 is 5.32 Å². The predicted octanol–water partition coefficient (Wildman–Crippen LogP) is 4.65. The van der Waals surface area contributed by atoms with Crippen molar-refractivity contribution in [1.82, 2.24) is 4.90 Å². The number of nitrogens with zero attached hydrogens (tertiary/aromatic N) is 1. The molecule has 6 heteroatoms. The number of esters is 1. The summed E-state index contributed by atoms with van der Waals surface area (Å²) >= 11 is 0. The van der Waals surface area contributed by atoms with Crippen LogP contribution in [0.2, 0.25) is 0 Å². The van der Waals surface area contributed by atoms with Gasteiger partial charge in [-0.05, 0) is 88.2 Å². The van der Waals surface area contributed by atoms with Crippen LogP contribution in [0.5, 0.6) is 0 Å². The third-order valence-electron chi connectivity index (χ3n) is 8.36. The third-order valence-corrected chi connectivity index (χ3v) is 8.36. The number of carbonyl (C=O) groups is 3. The van der Waals surface area contributed by atoms with Crippen LogP contribution in [0.1, 0.15) is 58.3 Å². The average molecular weight is 439 g/mol. The highest BCUT2D eigenvalue weighted by Gasteiger charge is 2.55. The summed E-state index contributed by atoms with van der Waals surface area (Å²) in [6.45, 7) is 2.78. The molecule has 0 aromatic heterocycles. The lowest BCUT2D eigenvalue weighted by atomic mass is 9.48. The lowest BCUT2D eigenvalue weighted by Gasteiger charge is -2.56. The standard InChI is InChI=1S/C26H34N2O4/c1-17(23(29)26-14-18-11-19(15-26)13-20(12-18)16-26)32-24(30)21-7-9-28(10-8-21)25(31)27-22-5-3-2-4-6-22/h2-6,17-21H,7-16H2,1H3,(H,27,31). The number of ketones is 1. The Bertz CT molecular complexity index is 840. The van der Waals surface area contributed by atoms with Crippen LogP contribution in [0.3, 0.4) is 0 Å². The van der Waals surface area contributed by atoms with E-state index in [4.69, 9.17) is 4.74 Å². The van der Waals surface area contributed by atoms with Gasteiger partial charge in [0.2, 0.25) is 0 Å². The first-order valence-electron chi connectivity index (χ1n) is 12.3. The van der Waals surface area contributed by atoms with Gasteiger partial charge in [0.15, 0.2) is 11.9 Å². The van der Waals surface area contributed by atoms with E-state index in [0.717, 1.165) is 24.9 Å². The van der Waals surface area contributed by atoms with Crippen molar-refractivity contribution < 1.29 is 19.1 Å². The average Bonchev–Trinajstić information content (AvgIpc) is 2.78. The molecular formula is C26H34N2O4. The molecule has 4 bridgehead atoms. The van der Waals surface area contributed by atoms with Gasteiger partial charge in [0.1, 0.15) is 0 Å². The van der Waals surface area contributed by atoms with Crippen molar-refractivity contribution in [2.45, 2.75) is 64.4 Å². The smallest absolute Gasteiger partial charge is 0.321 e. The molecule has 172 valence electrons. The summed E-state index contributed by atoms with van der Waals surface area (Å²) in [7, 11) is 0. The summed E-state index contributed by atoms with van der Waals surface area (Å²) in [5.41, 5.74) is 0.518. The Kier molecular flexibility index (Phi) is 5.72. The number of hydrogen-bond acceptors (Lipinski definition) is 4. The Morgan fingerprint density at radius 1 is 0.969 bits per heavy atom. The lowest BCUT2D eigenvalue weighted by Crippen LogP contribution is -2.53. The van der Waals surface area contributed by atoms with Gasteiger partial charge in [-0.15, -0.1) is 0 Å². The second kappa shape index (κ2) is 8.53. The van der Waals surface area contributed by atoms with Crippen LogP contribution in [0.15, 0.2) is 30.3 Å². The summed E-state index contributed by atoms with van der Waals surface area (Å²) < 4.78 is 5.72. The van der Waals surface area contributed by atoms with Gasteiger partial charge >= 0.3 is 12.0 Å². The molecule has 0 spiro atoms. The van der Waals surface area contributed by atoms with Crippen molar-refractivity contribution in [1.29, 1.82) is 0 Å². The maximum absolute atomic E-state index is 13.4. The molecule has 4 saturated carbocycles. The van der Waals surface area contributed by atoms with Gasteiger partial charge in [-0.1, -0.05) is 18.2 Å². The summed E-state index contributed by atoms with van der Waals surface area (Å²) in [6.07, 6.45) is 7.32. The number of para-hydroxylation sites is 1. The molecule has 1 heterocycles. The highest BCUT2D eigenvalue weighted by Crippen LogP contribution is 2.60. The number of carbonyl (C=O) groups excluding carboxylic acids is 3. The molecule has 6 rings (SSSR count). The van der Waals surface area contributed by atoms with Gasteiger partial charge in [0.05, 0.1) is 5.92 Å². The molecule has 2 amide bonds. The van der Waals surface area contributed by atoms with Gasteiger partial charge in [0.25, 0.3) is 0 Å². The van der Waals surface area contributed by atoms with Crippen LogP contribution in [-0.4, -0.2) is 41.9 Å². The highest BCUT2D eigenvalue weighted by atomic mass is 16.5. The van der Waals surface area contributed by atoms with Gasteiger partial charge in [-0.3, -0.25) is 9.59 Å². The Morgan fingerprint density at radius 2 is 1.53 bits per heavy atom. The molecule has 1 unspecified atom stereocenters. The number of benzene rings is 1. The number of amides is 2. The highest BCUT2D eigenvalue weighted by molar-refractivity contribution is 5.91. The first-order valence-corrected chi connectivity index (χ1v) is 12.3. The molecule has 5 fully saturated rings. The lowest BCUT2D eigenvalue weighted by molar-refractivity contribution is -0.168. The van der Waals surface area contributed by atoms with Crippen LogP contribution in [0.4, 0.5) is 10.5 Å². The van der Waals surface area contributed by atoms with Crippen molar-refractivity contribution in [2.24, 2.45) is 29.1 Å². The van der Waals surface area contributed by atoms with E-state index >= 15 is 0 Å². The fraction of sp³-hybridized carbons (Fsp3) is 0.654. The fourth-order valence-electron chi connectivity index (χ4n) is 7.21. The minimum absolute atomic E-state index is 0.145. The number of hydrogen-bond donors (Lipinski definition) is 1. The van der Waals surface area contributed by atoms with Gasteiger partial charge in [-0.25, -0.2) is 4.79 Å². The van der Waals surface area contributed by atoms with E-state index in [1.54, 1.807) is 11.8 Å². The largest absolute Gasteiger partial charge is 0.454 e. The van der Waals surface area contributed by atoms with Gasteiger partial charge < -0.3 is 15.0 Å². The Balaban J connectivity index is 1.12. The molecule has 1 atom stereocenters. The summed E-state index contributed by atoms with van der Waals surface area (Å²) in [6, 6.07) is 9.22. The van der Waals surface area contributed by atoms with Crippen LogP contribution >= 0.6 is 0 Å². The van der Waals surface area contributed by atoms with E-state index in [1.807, 2.05) is 30.3 Å². The van der Waals surface area contributed by atoms with E-state index in [0.29, 0.717) is 43.7 Å². The van der Waals surface area contributed by atoms with E-state index in [-0.39, 0.29) is 29.1 Å². The van der Waals surface area contributed by atoms with Crippen LogP contribution in [0.25, 0.3) is 0 Å². The van der Waals surface area contributed by atoms with Gasteiger partial charge in [-0.2, -0.15) is 0 Å². The van der Waals surface area contributed by atoms with Crippen molar-refractivity contribution in [3.05, 3.63) is 30.3 Å². The molecular weight excluding hydrogens is 404 g/mol. The maximum atomic E-state index is 13.4. The molecule has 1 saturated heterocycles. The number of piperidine rings is 1. The molecule has 32 heavy (non-hydrogen) atoms. The van der Waals surface area contributed by atoms with Crippen LogP contribution in [0, 0.1) is 29.1 Å². The molecule has 1 aliphatic heterocycles. The Morgan fingerprint density at radius 3 is 2.09 bits per heavy atom. The number of ether oxygens (including phenoxy) is 1. The maximum Gasteiger partial charge on any atom is 0.321 e. The molecule has 1 aromatic carbocycles. The SMILES string of the molecule is CC(OC(=O)C1CCN(C(=O)Nc2ccccc2)CC1)C(=O)C12CC3CC(CC(C3)C1)C2. The quantitative estimate of drug-likeness (QED) is 0.679. The monoisotopic (exact) mass is 438 g/mol. The first kappa shape index (κ1) is 21.5. The van der Waals surface area contributed by atoms with E-state index in [1.165, 1.54) is 19.3 Å². The second-order valence-electron chi connectivity index (χ2n) is 10.7.